The predicted octanol–water partition coefficient (Wildman–Crippen LogP) is 1.55. The number of nitrogens with one attached hydrogen (secondary N) is 1. The first kappa shape index (κ1) is 12.9. The van der Waals surface area contributed by atoms with E-state index >= 15 is 0 Å². The van der Waals surface area contributed by atoms with Crippen molar-refractivity contribution in [3.63, 3.8) is 0 Å². The van der Waals surface area contributed by atoms with Crippen molar-refractivity contribution in [2.45, 2.75) is 26.7 Å². The average Bonchev–Trinajstić information content (AvgIpc) is 2.18. The van der Waals surface area contributed by atoms with Crippen LogP contribution in [0.3, 0.4) is 0 Å². The summed E-state index contributed by atoms with van der Waals surface area (Å²) in [5.74, 6) is 1.57. The molecule has 0 aromatic carbocycles. The van der Waals surface area contributed by atoms with Crippen LogP contribution in [-0.4, -0.2) is 44.9 Å². The standard InChI is InChI=1S/C12H26N2O/c1-11(2)7-13-8-12-5-4-6-14(9-12)10-15-3/h11-13H,4-10H2,1-3H3. The molecular weight excluding hydrogens is 188 g/mol. The van der Waals surface area contributed by atoms with Crippen LogP contribution in [0, 0.1) is 11.8 Å². The maximum atomic E-state index is 5.18. The lowest BCUT2D eigenvalue weighted by Crippen LogP contribution is -2.40. The van der Waals surface area contributed by atoms with Gasteiger partial charge in [-0.15, -0.1) is 0 Å². The van der Waals surface area contributed by atoms with E-state index in [-0.39, 0.29) is 0 Å². The lowest BCUT2D eigenvalue weighted by Gasteiger charge is -2.32. The molecule has 0 aliphatic carbocycles. The fourth-order valence-corrected chi connectivity index (χ4v) is 2.19. The van der Waals surface area contributed by atoms with E-state index in [2.05, 4.69) is 24.1 Å². The molecule has 0 bridgehead atoms. The second-order valence-electron chi connectivity index (χ2n) is 5.06. The number of hydrogen-bond donors (Lipinski definition) is 1. The molecule has 1 N–H and O–H groups in total. The number of likely N-dealkylation sites (tertiary alicyclic amines) is 1. The minimum Gasteiger partial charge on any atom is -0.369 e. The van der Waals surface area contributed by atoms with Crippen molar-refractivity contribution < 1.29 is 4.74 Å². The molecule has 90 valence electrons. The molecule has 0 saturated carbocycles. The van der Waals surface area contributed by atoms with Gasteiger partial charge in [0.25, 0.3) is 0 Å². The Bertz CT molecular complexity index is 160. The normalized spacial score (nSPS) is 23.6. The van der Waals surface area contributed by atoms with Gasteiger partial charge < -0.3 is 10.1 Å². The third kappa shape index (κ3) is 5.50. The molecule has 3 heteroatoms. The van der Waals surface area contributed by atoms with Gasteiger partial charge in [-0.25, -0.2) is 0 Å². The van der Waals surface area contributed by atoms with Gasteiger partial charge in [0, 0.05) is 20.2 Å². The van der Waals surface area contributed by atoms with E-state index in [1.54, 1.807) is 7.11 Å². The highest BCUT2D eigenvalue weighted by Crippen LogP contribution is 2.15. The summed E-state index contributed by atoms with van der Waals surface area (Å²) in [4.78, 5) is 2.41. The monoisotopic (exact) mass is 214 g/mol. The zero-order valence-corrected chi connectivity index (χ0v) is 10.5. The highest BCUT2D eigenvalue weighted by molar-refractivity contribution is 4.73. The van der Waals surface area contributed by atoms with Crippen LogP contribution in [0.4, 0.5) is 0 Å². The Morgan fingerprint density at radius 3 is 2.93 bits per heavy atom. The Labute approximate surface area is 94.2 Å². The third-order valence-electron chi connectivity index (χ3n) is 2.90. The molecule has 1 atom stereocenters. The first-order valence-corrected chi connectivity index (χ1v) is 6.14. The van der Waals surface area contributed by atoms with Crippen molar-refractivity contribution in [1.82, 2.24) is 10.2 Å². The van der Waals surface area contributed by atoms with E-state index in [9.17, 15) is 0 Å². The first-order valence-electron chi connectivity index (χ1n) is 6.14. The van der Waals surface area contributed by atoms with Crippen LogP contribution in [0.25, 0.3) is 0 Å². The number of methoxy groups -OCH3 is 1. The Hall–Kier alpha value is -0.120. The fourth-order valence-electron chi connectivity index (χ4n) is 2.19. The Morgan fingerprint density at radius 1 is 1.47 bits per heavy atom. The third-order valence-corrected chi connectivity index (χ3v) is 2.90. The van der Waals surface area contributed by atoms with Crippen LogP contribution < -0.4 is 5.32 Å². The maximum absolute atomic E-state index is 5.18. The van der Waals surface area contributed by atoms with E-state index < -0.39 is 0 Å². The largest absolute Gasteiger partial charge is 0.369 e. The number of piperidine rings is 1. The number of hydrogen-bond acceptors (Lipinski definition) is 3. The molecule has 1 unspecified atom stereocenters. The minimum atomic E-state index is 0.753. The van der Waals surface area contributed by atoms with Crippen LogP contribution in [0.15, 0.2) is 0 Å². The van der Waals surface area contributed by atoms with Crippen LogP contribution in [0.1, 0.15) is 26.7 Å². The summed E-state index contributed by atoms with van der Waals surface area (Å²) in [6.45, 7) is 10.0. The molecule has 0 spiro atoms. The highest BCUT2D eigenvalue weighted by Gasteiger charge is 2.18. The fraction of sp³-hybridized carbons (Fsp3) is 1.00. The molecule has 0 aromatic rings. The van der Waals surface area contributed by atoms with Crippen molar-refractivity contribution in [3.05, 3.63) is 0 Å². The number of rotatable bonds is 6. The van der Waals surface area contributed by atoms with Gasteiger partial charge in [-0.1, -0.05) is 13.8 Å². The minimum absolute atomic E-state index is 0.753. The second kappa shape index (κ2) is 7.20. The van der Waals surface area contributed by atoms with Crippen molar-refractivity contribution in [2.75, 3.05) is 40.0 Å². The molecule has 1 saturated heterocycles. The SMILES string of the molecule is COCN1CCCC(CNCC(C)C)C1. The maximum Gasteiger partial charge on any atom is 0.0986 e. The van der Waals surface area contributed by atoms with Crippen LogP contribution in [0.5, 0.6) is 0 Å². The molecule has 15 heavy (non-hydrogen) atoms. The van der Waals surface area contributed by atoms with Crippen LogP contribution in [-0.2, 0) is 4.74 Å². The molecule has 3 nitrogen and oxygen atoms in total. The predicted molar refractivity (Wildman–Crippen MR) is 63.9 cm³/mol. The molecule has 0 amide bonds. The molecule has 1 fully saturated rings. The Kier molecular flexibility index (Phi) is 6.22. The second-order valence-corrected chi connectivity index (χ2v) is 5.06. The van der Waals surface area contributed by atoms with E-state index in [4.69, 9.17) is 4.74 Å². The smallest absolute Gasteiger partial charge is 0.0986 e. The zero-order valence-electron chi connectivity index (χ0n) is 10.5. The van der Waals surface area contributed by atoms with Gasteiger partial charge in [-0.05, 0) is 37.8 Å². The van der Waals surface area contributed by atoms with Gasteiger partial charge >= 0.3 is 0 Å². The van der Waals surface area contributed by atoms with Gasteiger partial charge in [0.1, 0.15) is 0 Å². The molecule has 1 rings (SSSR count). The van der Waals surface area contributed by atoms with Crippen molar-refractivity contribution >= 4 is 0 Å². The molecule has 0 radical (unpaired) electrons. The first-order chi connectivity index (χ1) is 7.22. The summed E-state index contributed by atoms with van der Waals surface area (Å²) in [6, 6.07) is 0. The molecule has 1 heterocycles. The van der Waals surface area contributed by atoms with Gasteiger partial charge in [0.2, 0.25) is 0 Å². The summed E-state index contributed by atoms with van der Waals surface area (Å²) in [6.07, 6.45) is 2.68. The highest BCUT2D eigenvalue weighted by atomic mass is 16.5. The topological polar surface area (TPSA) is 24.5 Å². The van der Waals surface area contributed by atoms with Crippen LogP contribution in [0.2, 0.25) is 0 Å². The van der Waals surface area contributed by atoms with Gasteiger partial charge in [0.15, 0.2) is 0 Å². The molecule has 1 aliphatic heterocycles. The summed E-state index contributed by atoms with van der Waals surface area (Å²) in [5.41, 5.74) is 0. The lowest BCUT2D eigenvalue weighted by molar-refractivity contribution is 0.0341. The van der Waals surface area contributed by atoms with E-state index in [0.29, 0.717) is 0 Å². The molecular formula is C12H26N2O. The van der Waals surface area contributed by atoms with Crippen LogP contribution >= 0.6 is 0 Å². The van der Waals surface area contributed by atoms with E-state index in [1.807, 2.05) is 0 Å². The molecule has 0 aromatic heterocycles. The van der Waals surface area contributed by atoms with Gasteiger partial charge in [0.05, 0.1) is 6.73 Å². The zero-order chi connectivity index (χ0) is 11.1. The van der Waals surface area contributed by atoms with Gasteiger partial charge in [-0.2, -0.15) is 0 Å². The average molecular weight is 214 g/mol. The summed E-state index contributed by atoms with van der Waals surface area (Å²) in [7, 11) is 1.78. The number of ether oxygens (including phenoxy) is 1. The van der Waals surface area contributed by atoms with E-state index in [0.717, 1.165) is 25.1 Å². The van der Waals surface area contributed by atoms with Crippen molar-refractivity contribution in [3.8, 4) is 0 Å². The number of nitrogens with zero attached hydrogens (tertiary/aromatic N) is 1. The Morgan fingerprint density at radius 2 is 2.27 bits per heavy atom. The molecule has 1 aliphatic rings. The summed E-state index contributed by atoms with van der Waals surface area (Å²) < 4.78 is 5.18. The summed E-state index contributed by atoms with van der Waals surface area (Å²) >= 11 is 0. The van der Waals surface area contributed by atoms with E-state index in [1.165, 1.54) is 32.5 Å². The quantitative estimate of drug-likeness (QED) is 0.726. The Balaban J connectivity index is 2.12. The summed E-state index contributed by atoms with van der Waals surface area (Å²) in [5, 5.41) is 3.55. The van der Waals surface area contributed by atoms with Crippen molar-refractivity contribution in [2.24, 2.45) is 11.8 Å². The van der Waals surface area contributed by atoms with Gasteiger partial charge in [-0.3, -0.25) is 4.90 Å². The van der Waals surface area contributed by atoms with Crippen molar-refractivity contribution in [1.29, 1.82) is 0 Å². The lowest BCUT2D eigenvalue weighted by atomic mass is 9.98.